The largest absolute Gasteiger partial charge is 0.373 e. The molecule has 0 radical (unpaired) electrons. The molecule has 0 aliphatic heterocycles. The second-order valence-corrected chi connectivity index (χ2v) is 8.11. The zero-order chi connectivity index (χ0) is 26.0. The van der Waals surface area contributed by atoms with Crippen molar-refractivity contribution in [1.29, 1.82) is 5.26 Å². The predicted molar refractivity (Wildman–Crippen MR) is 127 cm³/mol. The number of aliphatic imine (C=N–C) groups is 1. The summed E-state index contributed by atoms with van der Waals surface area (Å²) in [5.41, 5.74) is 8.26. The average molecular weight is 475 g/mol. The minimum absolute atomic E-state index is 0.0728. The van der Waals surface area contributed by atoms with Crippen LogP contribution in [0, 0.1) is 17.1 Å². The first-order chi connectivity index (χ1) is 16.6. The van der Waals surface area contributed by atoms with E-state index in [1.807, 2.05) is 18.2 Å². The number of rotatable bonds is 5. The van der Waals surface area contributed by atoms with Gasteiger partial charge in [0.2, 0.25) is 5.95 Å². The third-order valence-electron chi connectivity index (χ3n) is 4.58. The van der Waals surface area contributed by atoms with E-state index in [-0.39, 0.29) is 45.7 Å². The first kappa shape index (κ1) is 26.4. The maximum atomic E-state index is 14.6. The maximum Gasteiger partial charge on any atom is 0.373 e. The Morgan fingerprint density at radius 2 is 1.83 bits per heavy atom. The third kappa shape index (κ3) is 7.08. The number of hydrogen-bond donors (Lipinski definition) is 2. The van der Waals surface area contributed by atoms with Gasteiger partial charge in [-0.25, -0.2) is 14.4 Å². The van der Waals surface area contributed by atoms with Crippen LogP contribution in [0.15, 0.2) is 52.6 Å². The molecule has 35 heavy (non-hydrogen) atoms. The van der Waals surface area contributed by atoms with E-state index in [1.54, 1.807) is 12.1 Å². The summed E-state index contributed by atoms with van der Waals surface area (Å²) in [6.45, 7) is 6.59. The summed E-state index contributed by atoms with van der Waals surface area (Å²) >= 11 is 0. The summed E-state index contributed by atoms with van der Waals surface area (Å²) in [6, 6.07) is 13.6. The van der Waals surface area contributed by atoms with Crippen molar-refractivity contribution in [2.24, 2.45) is 15.9 Å². The zero-order valence-electron chi connectivity index (χ0n) is 19.4. The van der Waals surface area contributed by atoms with Gasteiger partial charge in [0.25, 0.3) is 0 Å². The normalized spacial score (nSPS) is 11.3. The fourth-order valence-corrected chi connectivity index (χ4v) is 2.93. The van der Waals surface area contributed by atoms with Crippen molar-refractivity contribution in [3.63, 3.8) is 0 Å². The molecule has 0 fully saturated rings. The van der Waals surface area contributed by atoms with Gasteiger partial charge in [0.05, 0.1) is 35.4 Å². The molecule has 10 nitrogen and oxygen atoms in total. The molecule has 4 N–H and O–H groups in total. The number of nitrogens with zero attached hydrogens (tertiary/aromatic N) is 6. The van der Waals surface area contributed by atoms with E-state index >= 15 is 0 Å². The smallest absolute Gasteiger partial charge is 0.368 e. The molecule has 0 saturated carbocycles. The molecular weight excluding hydrogens is 451 g/mol. The molecule has 3 rings (SSSR count). The number of hydrogen-bond acceptors (Lipinski definition) is 10. The Kier molecular flexibility index (Phi) is 8.97. The van der Waals surface area contributed by atoms with Gasteiger partial charge >= 0.3 is 6.15 Å². The first-order valence-electron chi connectivity index (χ1n) is 10.2. The van der Waals surface area contributed by atoms with E-state index in [1.165, 1.54) is 24.4 Å². The van der Waals surface area contributed by atoms with Crippen LogP contribution in [0.2, 0.25) is 0 Å². The van der Waals surface area contributed by atoms with Gasteiger partial charge in [-0.3, -0.25) is 9.98 Å². The number of nitrogen functional groups attached to an aromatic ring is 1. The minimum Gasteiger partial charge on any atom is -0.368 e. The average Bonchev–Trinajstić information content (AvgIpc) is 2.82. The van der Waals surface area contributed by atoms with Gasteiger partial charge in [0.1, 0.15) is 17.6 Å². The van der Waals surface area contributed by atoms with Gasteiger partial charge < -0.3 is 11.6 Å². The van der Waals surface area contributed by atoms with Crippen molar-refractivity contribution in [1.82, 2.24) is 15.0 Å². The summed E-state index contributed by atoms with van der Waals surface area (Å²) in [5, 5.41) is 12.8. The van der Waals surface area contributed by atoms with Crippen LogP contribution in [0.3, 0.4) is 0 Å². The molecule has 0 spiro atoms. The molecular formula is C24H23FN8O2. The second-order valence-electron chi connectivity index (χ2n) is 8.11. The molecule has 3 aromatic rings. The third-order valence-corrected chi connectivity index (χ3v) is 4.58. The molecule has 0 aliphatic rings. The van der Waals surface area contributed by atoms with Crippen LogP contribution in [0.4, 0.5) is 10.3 Å². The van der Waals surface area contributed by atoms with Gasteiger partial charge in [0, 0.05) is 16.7 Å². The molecule has 0 aliphatic carbocycles. The van der Waals surface area contributed by atoms with Crippen LogP contribution in [0.5, 0.6) is 0 Å². The van der Waals surface area contributed by atoms with E-state index in [4.69, 9.17) is 26.4 Å². The fraction of sp³-hybridized carbons (Fsp3) is 0.208. The summed E-state index contributed by atoms with van der Waals surface area (Å²) in [5.74, 6) is 4.76. The van der Waals surface area contributed by atoms with Crippen molar-refractivity contribution >= 4 is 24.0 Å². The van der Waals surface area contributed by atoms with Crippen LogP contribution in [-0.2, 0) is 21.5 Å². The number of nitrogens with two attached hydrogens (primary N) is 2. The van der Waals surface area contributed by atoms with Crippen LogP contribution < -0.4 is 11.6 Å². The van der Waals surface area contributed by atoms with Crippen molar-refractivity contribution in [3.8, 4) is 17.3 Å². The van der Waals surface area contributed by atoms with E-state index in [9.17, 15) is 4.39 Å². The van der Waals surface area contributed by atoms with E-state index in [0.717, 1.165) is 11.4 Å². The highest BCUT2D eigenvalue weighted by atomic mass is 19.1. The Bertz CT molecular complexity index is 1330. The van der Waals surface area contributed by atoms with Crippen LogP contribution in [0.25, 0.3) is 11.3 Å². The summed E-state index contributed by atoms with van der Waals surface area (Å²) < 4.78 is 14.6. The highest BCUT2D eigenvalue weighted by Gasteiger charge is 2.16. The Balaban J connectivity index is 0.00000137. The van der Waals surface area contributed by atoms with Crippen LogP contribution in [-0.4, -0.2) is 33.0 Å². The summed E-state index contributed by atoms with van der Waals surface area (Å²) in [6.07, 6.45) is 1.71. The lowest BCUT2D eigenvalue weighted by Crippen LogP contribution is -2.14. The Morgan fingerprint density at radius 3 is 2.46 bits per heavy atom. The number of anilines is 1. The highest BCUT2D eigenvalue weighted by molar-refractivity contribution is 6.37. The van der Waals surface area contributed by atoms with Crippen molar-refractivity contribution in [2.75, 3.05) is 5.73 Å². The summed E-state index contributed by atoms with van der Waals surface area (Å²) in [4.78, 5) is 33.5. The zero-order valence-corrected chi connectivity index (χ0v) is 19.4. The SMILES string of the molecule is CC(C)(C)c1cccc(CN=CC(=NN)c2cc(-c3cccc(C#N)c3F)nc(N)n2)n1.O=C=O. The first-order valence-corrected chi connectivity index (χ1v) is 10.2. The molecule has 0 bridgehead atoms. The standard InChI is InChI=1S/C23H23FN8.CO2/c1-23(2,3)20-9-5-7-15(29-20)12-28-13-19(32-27)18-10-17(30-22(26)31-18)16-8-4-6-14(11-25)21(16)24;2-1-3/h4-10,13H,12,27H2,1-3H3,(H2,26,30,31);. The van der Waals surface area contributed by atoms with Crippen molar-refractivity contribution in [3.05, 3.63) is 70.9 Å². The van der Waals surface area contributed by atoms with Gasteiger partial charge in [-0.05, 0) is 30.3 Å². The lowest BCUT2D eigenvalue weighted by Gasteiger charge is -2.17. The Labute approximate surface area is 201 Å². The topological polar surface area (TPSA) is 173 Å². The van der Waals surface area contributed by atoms with Crippen LogP contribution in [0.1, 0.15) is 43.4 Å². The number of hydrazone groups is 1. The van der Waals surface area contributed by atoms with E-state index in [0.29, 0.717) is 6.54 Å². The van der Waals surface area contributed by atoms with E-state index < -0.39 is 5.82 Å². The molecule has 11 heteroatoms. The van der Waals surface area contributed by atoms with Gasteiger partial charge in [0.15, 0.2) is 0 Å². The van der Waals surface area contributed by atoms with Crippen molar-refractivity contribution < 1.29 is 14.0 Å². The monoisotopic (exact) mass is 474 g/mol. The lowest BCUT2D eigenvalue weighted by atomic mass is 9.91. The summed E-state index contributed by atoms with van der Waals surface area (Å²) in [7, 11) is 0. The van der Waals surface area contributed by atoms with Gasteiger partial charge in [-0.1, -0.05) is 32.9 Å². The number of pyridine rings is 1. The molecule has 2 heterocycles. The number of carbonyl (C=O) groups excluding carboxylic acids is 2. The van der Waals surface area contributed by atoms with E-state index in [2.05, 4.69) is 45.8 Å². The highest BCUT2D eigenvalue weighted by Crippen LogP contribution is 2.24. The molecule has 0 amide bonds. The minimum atomic E-state index is -0.691. The lowest BCUT2D eigenvalue weighted by molar-refractivity contribution is -0.191. The Morgan fingerprint density at radius 1 is 1.14 bits per heavy atom. The number of halogens is 1. The molecule has 178 valence electrons. The van der Waals surface area contributed by atoms with Gasteiger partial charge in [-0.15, -0.1) is 0 Å². The second kappa shape index (κ2) is 11.9. The van der Waals surface area contributed by atoms with Gasteiger partial charge in [-0.2, -0.15) is 20.0 Å². The Hall–Kier alpha value is -4.81. The quantitative estimate of drug-likeness (QED) is 0.322. The molecule has 0 unspecified atom stereocenters. The fourth-order valence-electron chi connectivity index (χ4n) is 2.93. The van der Waals surface area contributed by atoms with Crippen molar-refractivity contribution in [2.45, 2.75) is 32.7 Å². The molecule has 0 saturated heterocycles. The van der Waals surface area contributed by atoms with Crippen LogP contribution >= 0.6 is 0 Å². The number of aromatic nitrogens is 3. The molecule has 2 aromatic heterocycles. The predicted octanol–water partition coefficient (Wildman–Crippen LogP) is 2.78. The molecule has 1 aromatic carbocycles. The maximum absolute atomic E-state index is 14.6. The molecule has 0 atom stereocenters. The number of nitriles is 1. The number of benzene rings is 1.